The summed E-state index contributed by atoms with van der Waals surface area (Å²) in [7, 11) is -1.48. The summed E-state index contributed by atoms with van der Waals surface area (Å²) in [5.41, 5.74) is 3.06. The van der Waals surface area contributed by atoms with Gasteiger partial charge in [-0.2, -0.15) is 0 Å². The number of carbonyl (C=O) groups is 1. The second-order valence-electron chi connectivity index (χ2n) is 5.00. The third-order valence-corrected chi connectivity index (χ3v) is 3.50. The summed E-state index contributed by atoms with van der Waals surface area (Å²) in [5.74, 6) is -0.976. The fourth-order valence-electron chi connectivity index (χ4n) is 2.31. The second kappa shape index (κ2) is 5.63. The highest BCUT2D eigenvalue weighted by Gasteiger charge is 2.11. The summed E-state index contributed by atoms with van der Waals surface area (Å²) >= 11 is 0. The molecule has 0 aliphatic rings. The van der Waals surface area contributed by atoms with Gasteiger partial charge in [0.15, 0.2) is 0 Å². The van der Waals surface area contributed by atoms with Gasteiger partial charge in [0.1, 0.15) is 0 Å². The molecule has 7 heteroatoms. The van der Waals surface area contributed by atoms with Gasteiger partial charge in [-0.05, 0) is 29.2 Å². The number of imidazole rings is 1. The van der Waals surface area contributed by atoms with Gasteiger partial charge >= 0.3 is 13.1 Å². The van der Waals surface area contributed by atoms with Crippen LogP contribution in [0, 0.1) is 0 Å². The lowest BCUT2D eigenvalue weighted by molar-refractivity contribution is 0.0697. The van der Waals surface area contributed by atoms with Crippen LogP contribution < -0.4 is 5.46 Å². The molecule has 22 heavy (non-hydrogen) atoms. The van der Waals surface area contributed by atoms with Crippen LogP contribution in [0.4, 0.5) is 0 Å². The van der Waals surface area contributed by atoms with Crippen molar-refractivity contribution in [1.29, 1.82) is 0 Å². The number of carboxylic acids is 1. The molecule has 2 aromatic carbocycles. The topological polar surface area (TPSA) is 95.6 Å². The number of fused-ring (bicyclic) bond motifs is 1. The molecular formula is C15H13BN2O4. The highest BCUT2D eigenvalue weighted by atomic mass is 16.4. The summed E-state index contributed by atoms with van der Waals surface area (Å²) in [6.07, 6.45) is 1.66. The molecule has 0 bridgehead atoms. The summed E-state index contributed by atoms with van der Waals surface area (Å²) in [4.78, 5) is 15.3. The Morgan fingerprint density at radius 2 is 1.86 bits per heavy atom. The Balaban J connectivity index is 1.93. The van der Waals surface area contributed by atoms with Crippen LogP contribution in [0.25, 0.3) is 11.0 Å². The molecule has 1 heterocycles. The average Bonchev–Trinajstić information content (AvgIpc) is 2.90. The van der Waals surface area contributed by atoms with Gasteiger partial charge in [0.05, 0.1) is 22.9 Å². The molecule has 0 aliphatic carbocycles. The van der Waals surface area contributed by atoms with Gasteiger partial charge in [-0.3, -0.25) is 0 Å². The molecule has 0 saturated carbocycles. The first-order valence-electron chi connectivity index (χ1n) is 6.68. The predicted octanol–water partition coefficient (Wildman–Crippen LogP) is 0.463. The molecule has 0 atom stereocenters. The average molecular weight is 296 g/mol. The lowest BCUT2D eigenvalue weighted by Gasteiger charge is -2.06. The SMILES string of the molecule is O=C(O)c1ccc2ncn(Cc3ccc(B(O)O)cc3)c2c1. The normalized spacial score (nSPS) is 10.8. The van der Waals surface area contributed by atoms with E-state index in [2.05, 4.69) is 4.98 Å². The van der Waals surface area contributed by atoms with E-state index < -0.39 is 13.1 Å². The molecule has 0 saturated heterocycles. The summed E-state index contributed by atoms with van der Waals surface area (Å²) < 4.78 is 1.85. The molecule has 3 rings (SSSR count). The van der Waals surface area contributed by atoms with Crippen LogP contribution in [-0.2, 0) is 6.54 Å². The Kier molecular flexibility index (Phi) is 3.66. The van der Waals surface area contributed by atoms with E-state index in [1.54, 1.807) is 42.7 Å². The van der Waals surface area contributed by atoms with E-state index >= 15 is 0 Å². The molecule has 0 amide bonds. The Bertz CT molecular complexity index is 827. The van der Waals surface area contributed by atoms with Crippen LogP contribution in [0.15, 0.2) is 48.8 Å². The molecule has 1 aromatic heterocycles. The first-order chi connectivity index (χ1) is 10.5. The highest BCUT2D eigenvalue weighted by molar-refractivity contribution is 6.58. The maximum Gasteiger partial charge on any atom is 0.488 e. The van der Waals surface area contributed by atoms with E-state index in [-0.39, 0.29) is 5.56 Å². The Hall–Kier alpha value is -2.64. The number of nitrogens with zero attached hydrogens (tertiary/aromatic N) is 2. The van der Waals surface area contributed by atoms with Crippen molar-refractivity contribution < 1.29 is 19.9 Å². The lowest BCUT2D eigenvalue weighted by atomic mass is 9.80. The van der Waals surface area contributed by atoms with Crippen molar-refractivity contribution in [3.05, 3.63) is 59.9 Å². The molecule has 0 spiro atoms. The zero-order valence-electron chi connectivity index (χ0n) is 11.5. The molecular weight excluding hydrogens is 283 g/mol. The van der Waals surface area contributed by atoms with Crippen LogP contribution in [0.5, 0.6) is 0 Å². The van der Waals surface area contributed by atoms with Gasteiger partial charge < -0.3 is 19.7 Å². The second-order valence-corrected chi connectivity index (χ2v) is 5.00. The maximum atomic E-state index is 11.1. The minimum absolute atomic E-state index is 0.216. The highest BCUT2D eigenvalue weighted by Crippen LogP contribution is 2.16. The third kappa shape index (κ3) is 2.72. The first kappa shape index (κ1) is 14.3. The van der Waals surface area contributed by atoms with Crippen LogP contribution in [-0.4, -0.2) is 37.8 Å². The molecule has 0 unspecified atom stereocenters. The van der Waals surface area contributed by atoms with Crippen molar-refractivity contribution in [3.8, 4) is 0 Å². The van der Waals surface area contributed by atoms with Gasteiger partial charge in [-0.15, -0.1) is 0 Å². The Morgan fingerprint density at radius 1 is 1.14 bits per heavy atom. The number of hydrogen-bond donors (Lipinski definition) is 3. The number of hydrogen-bond acceptors (Lipinski definition) is 4. The zero-order chi connectivity index (χ0) is 15.7. The van der Waals surface area contributed by atoms with Crippen molar-refractivity contribution in [2.45, 2.75) is 6.54 Å². The zero-order valence-corrected chi connectivity index (χ0v) is 11.5. The standard InChI is InChI=1S/C15H13BN2O4/c19-15(20)11-3-6-13-14(7-11)18(9-17-13)8-10-1-4-12(5-2-10)16(21)22/h1-7,9,21-22H,8H2,(H,19,20). The van der Waals surface area contributed by atoms with Crippen molar-refractivity contribution in [2.24, 2.45) is 0 Å². The fourth-order valence-corrected chi connectivity index (χ4v) is 2.31. The van der Waals surface area contributed by atoms with Crippen LogP contribution in [0.3, 0.4) is 0 Å². The van der Waals surface area contributed by atoms with E-state index in [1.807, 2.05) is 4.57 Å². The molecule has 6 nitrogen and oxygen atoms in total. The monoisotopic (exact) mass is 296 g/mol. The Morgan fingerprint density at radius 3 is 2.50 bits per heavy atom. The largest absolute Gasteiger partial charge is 0.488 e. The minimum atomic E-state index is -1.48. The van der Waals surface area contributed by atoms with Gasteiger partial charge in [-0.1, -0.05) is 24.3 Å². The van der Waals surface area contributed by atoms with Crippen molar-refractivity contribution in [1.82, 2.24) is 9.55 Å². The van der Waals surface area contributed by atoms with Crippen molar-refractivity contribution in [3.63, 3.8) is 0 Å². The van der Waals surface area contributed by atoms with E-state index in [0.717, 1.165) is 16.6 Å². The molecule has 3 N–H and O–H groups in total. The van der Waals surface area contributed by atoms with E-state index in [0.29, 0.717) is 12.0 Å². The van der Waals surface area contributed by atoms with Gasteiger partial charge in [-0.25, -0.2) is 9.78 Å². The van der Waals surface area contributed by atoms with Crippen LogP contribution in [0.2, 0.25) is 0 Å². The first-order valence-corrected chi connectivity index (χ1v) is 6.68. The molecule has 3 aromatic rings. The molecule has 110 valence electrons. The fraction of sp³-hybridized carbons (Fsp3) is 0.0667. The predicted molar refractivity (Wildman–Crippen MR) is 82.1 cm³/mol. The minimum Gasteiger partial charge on any atom is -0.478 e. The maximum absolute atomic E-state index is 11.1. The summed E-state index contributed by atoms with van der Waals surface area (Å²) in [6.45, 7) is 0.515. The number of carboxylic acid groups (broad SMARTS) is 1. The summed E-state index contributed by atoms with van der Waals surface area (Å²) in [6, 6.07) is 11.7. The van der Waals surface area contributed by atoms with E-state index in [1.165, 1.54) is 6.07 Å². The van der Waals surface area contributed by atoms with Gasteiger partial charge in [0, 0.05) is 6.54 Å². The number of rotatable bonds is 4. The van der Waals surface area contributed by atoms with E-state index in [4.69, 9.17) is 15.2 Å². The molecule has 0 fully saturated rings. The smallest absolute Gasteiger partial charge is 0.478 e. The summed E-state index contributed by atoms with van der Waals surface area (Å²) in [5, 5.41) is 27.2. The van der Waals surface area contributed by atoms with E-state index in [9.17, 15) is 4.79 Å². The van der Waals surface area contributed by atoms with Crippen LogP contribution in [0.1, 0.15) is 15.9 Å². The van der Waals surface area contributed by atoms with Crippen molar-refractivity contribution in [2.75, 3.05) is 0 Å². The Labute approximate surface area is 126 Å². The van der Waals surface area contributed by atoms with Crippen LogP contribution >= 0.6 is 0 Å². The number of aromatic nitrogens is 2. The van der Waals surface area contributed by atoms with Gasteiger partial charge in [0.2, 0.25) is 0 Å². The third-order valence-electron chi connectivity index (χ3n) is 3.50. The molecule has 0 aliphatic heterocycles. The lowest BCUT2D eigenvalue weighted by Crippen LogP contribution is -2.29. The van der Waals surface area contributed by atoms with Crippen molar-refractivity contribution >= 4 is 29.6 Å². The molecule has 0 radical (unpaired) electrons. The number of benzene rings is 2. The van der Waals surface area contributed by atoms with Gasteiger partial charge in [0.25, 0.3) is 0 Å². The number of aromatic carboxylic acids is 1. The quantitative estimate of drug-likeness (QED) is 0.608.